The Morgan fingerprint density at radius 2 is 2.06 bits per heavy atom. The highest BCUT2D eigenvalue weighted by Crippen LogP contribution is 2.44. The standard InChI is InChI=1S/C13H17N3O/c14-8-10-7-12(17)16(11-1-2-11)13(10)9-3-5-15-6-4-9/h3-6,10-11,13H,1-2,7-8,14H2/t10-,13+/m1/s1. The molecule has 1 saturated heterocycles. The Morgan fingerprint density at radius 1 is 1.35 bits per heavy atom. The van der Waals surface area contributed by atoms with Gasteiger partial charge in [0.1, 0.15) is 0 Å². The van der Waals surface area contributed by atoms with Crippen LogP contribution in [0.4, 0.5) is 0 Å². The van der Waals surface area contributed by atoms with Crippen molar-refractivity contribution in [3.8, 4) is 0 Å². The van der Waals surface area contributed by atoms with Gasteiger partial charge in [0.05, 0.1) is 6.04 Å². The largest absolute Gasteiger partial charge is 0.332 e. The summed E-state index contributed by atoms with van der Waals surface area (Å²) in [6.45, 7) is 0.571. The van der Waals surface area contributed by atoms with Crippen LogP contribution in [0.3, 0.4) is 0 Å². The normalized spacial score (nSPS) is 28.8. The molecule has 1 amide bonds. The van der Waals surface area contributed by atoms with Crippen molar-refractivity contribution in [1.29, 1.82) is 0 Å². The molecule has 3 rings (SSSR count). The van der Waals surface area contributed by atoms with E-state index in [4.69, 9.17) is 5.73 Å². The quantitative estimate of drug-likeness (QED) is 0.847. The van der Waals surface area contributed by atoms with E-state index in [0.717, 1.165) is 12.8 Å². The zero-order valence-electron chi connectivity index (χ0n) is 9.75. The average molecular weight is 231 g/mol. The van der Waals surface area contributed by atoms with Crippen molar-refractivity contribution in [2.45, 2.75) is 31.3 Å². The second-order valence-corrected chi connectivity index (χ2v) is 4.96. The second kappa shape index (κ2) is 4.11. The third-order valence-electron chi connectivity index (χ3n) is 3.76. The molecule has 4 heteroatoms. The minimum absolute atomic E-state index is 0.169. The van der Waals surface area contributed by atoms with E-state index in [1.54, 1.807) is 12.4 Å². The Hall–Kier alpha value is -1.42. The Balaban J connectivity index is 1.94. The van der Waals surface area contributed by atoms with Crippen LogP contribution >= 0.6 is 0 Å². The maximum absolute atomic E-state index is 12.1. The number of amides is 1. The molecule has 0 aromatic carbocycles. The number of hydrogen-bond acceptors (Lipinski definition) is 3. The van der Waals surface area contributed by atoms with Crippen LogP contribution in [0, 0.1) is 5.92 Å². The minimum Gasteiger partial charge on any atom is -0.332 e. The first-order valence-electron chi connectivity index (χ1n) is 6.22. The fraction of sp³-hybridized carbons (Fsp3) is 0.538. The van der Waals surface area contributed by atoms with Gasteiger partial charge in [-0.1, -0.05) is 0 Å². The molecule has 17 heavy (non-hydrogen) atoms. The number of likely N-dealkylation sites (tertiary alicyclic amines) is 1. The summed E-state index contributed by atoms with van der Waals surface area (Å²) in [7, 11) is 0. The number of carbonyl (C=O) groups excluding carboxylic acids is 1. The first kappa shape index (κ1) is 10.7. The van der Waals surface area contributed by atoms with Crippen LogP contribution in [0.15, 0.2) is 24.5 Å². The van der Waals surface area contributed by atoms with Crippen molar-refractivity contribution in [3.05, 3.63) is 30.1 Å². The lowest BCUT2D eigenvalue weighted by molar-refractivity contribution is -0.129. The van der Waals surface area contributed by atoms with Gasteiger partial charge in [-0.25, -0.2) is 0 Å². The minimum atomic E-state index is 0.169. The molecule has 2 N–H and O–H groups in total. The van der Waals surface area contributed by atoms with Crippen LogP contribution in [0.25, 0.3) is 0 Å². The molecule has 1 saturated carbocycles. The van der Waals surface area contributed by atoms with Crippen LogP contribution in [-0.4, -0.2) is 28.4 Å². The number of hydrogen-bond donors (Lipinski definition) is 1. The molecule has 4 nitrogen and oxygen atoms in total. The van der Waals surface area contributed by atoms with Crippen molar-refractivity contribution >= 4 is 5.91 Å². The van der Waals surface area contributed by atoms with Gasteiger partial charge in [-0.2, -0.15) is 0 Å². The van der Waals surface area contributed by atoms with Gasteiger partial charge in [0.2, 0.25) is 5.91 Å². The van der Waals surface area contributed by atoms with Crippen molar-refractivity contribution in [2.24, 2.45) is 11.7 Å². The third kappa shape index (κ3) is 1.82. The lowest BCUT2D eigenvalue weighted by Crippen LogP contribution is -2.32. The van der Waals surface area contributed by atoms with Gasteiger partial charge in [-0.15, -0.1) is 0 Å². The highest BCUT2D eigenvalue weighted by Gasteiger charge is 2.46. The number of rotatable bonds is 3. The molecular weight excluding hydrogens is 214 g/mol. The first-order chi connectivity index (χ1) is 8.31. The smallest absolute Gasteiger partial charge is 0.223 e. The van der Waals surface area contributed by atoms with E-state index in [2.05, 4.69) is 9.88 Å². The molecule has 1 aliphatic heterocycles. The monoisotopic (exact) mass is 231 g/mol. The van der Waals surface area contributed by atoms with Crippen LogP contribution in [0.1, 0.15) is 30.9 Å². The number of nitrogens with zero attached hydrogens (tertiary/aromatic N) is 2. The third-order valence-corrected chi connectivity index (χ3v) is 3.76. The van der Waals surface area contributed by atoms with Crippen molar-refractivity contribution < 1.29 is 4.79 Å². The summed E-state index contributed by atoms with van der Waals surface area (Å²) in [6, 6.07) is 4.63. The Bertz CT molecular complexity index is 416. The van der Waals surface area contributed by atoms with Crippen molar-refractivity contribution in [2.75, 3.05) is 6.54 Å². The molecular formula is C13H17N3O. The SMILES string of the molecule is NC[C@H]1CC(=O)N(C2CC2)[C@H]1c1ccncc1. The number of nitrogens with two attached hydrogens (primary N) is 1. The highest BCUT2D eigenvalue weighted by molar-refractivity contribution is 5.80. The molecule has 2 fully saturated rings. The zero-order valence-corrected chi connectivity index (χ0v) is 9.75. The van der Waals surface area contributed by atoms with Gasteiger partial charge in [0.15, 0.2) is 0 Å². The summed E-state index contributed by atoms with van der Waals surface area (Å²) < 4.78 is 0. The van der Waals surface area contributed by atoms with Gasteiger partial charge < -0.3 is 10.6 Å². The maximum Gasteiger partial charge on any atom is 0.223 e. The molecule has 2 heterocycles. The van der Waals surface area contributed by atoms with E-state index in [1.165, 1.54) is 5.56 Å². The summed E-state index contributed by atoms with van der Waals surface area (Å²) in [6.07, 6.45) is 6.46. The van der Waals surface area contributed by atoms with E-state index in [9.17, 15) is 4.79 Å². The molecule has 1 aromatic heterocycles. The van der Waals surface area contributed by atoms with Crippen molar-refractivity contribution in [3.63, 3.8) is 0 Å². The van der Waals surface area contributed by atoms with Gasteiger partial charge in [-0.05, 0) is 37.1 Å². The summed E-state index contributed by atoms with van der Waals surface area (Å²) in [5.41, 5.74) is 6.99. The summed E-state index contributed by atoms with van der Waals surface area (Å²) >= 11 is 0. The molecule has 1 aliphatic carbocycles. The molecule has 1 aromatic rings. The second-order valence-electron chi connectivity index (χ2n) is 4.96. The predicted molar refractivity (Wildman–Crippen MR) is 64.0 cm³/mol. The van der Waals surface area contributed by atoms with E-state index in [0.29, 0.717) is 19.0 Å². The zero-order chi connectivity index (χ0) is 11.8. The van der Waals surface area contributed by atoms with E-state index >= 15 is 0 Å². The molecule has 2 atom stereocenters. The maximum atomic E-state index is 12.1. The number of carbonyl (C=O) groups is 1. The van der Waals surface area contributed by atoms with Crippen LogP contribution < -0.4 is 5.73 Å². The molecule has 2 aliphatic rings. The van der Waals surface area contributed by atoms with E-state index in [-0.39, 0.29) is 17.9 Å². The molecule has 0 unspecified atom stereocenters. The van der Waals surface area contributed by atoms with E-state index in [1.807, 2.05) is 12.1 Å². The molecule has 0 bridgehead atoms. The summed E-state index contributed by atoms with van der Waals surface area (Å²) in [5.74, 6) is 0.523. The fourth-order valence-electron chi connectivity index (χ4n) is 2.81. The van der Waals surface area contributed by atoms with Gasteiger partial charge in [0.25, 0.3) is 0 Å². The van der Waals surface area contributed by atoms with Crippen molar-refractivity contribution in [1.82, 2.24) is 9.88 Å². The lowest BCUT2D eigenvalue weighted by Gasteiger charge is -2.28. The summed E-state index contributed by atoms with van der Waals surface area (Å²) in [5, 5.41) is 0. The number of aromatic nitrogens is 1. The average Bonchev–Trinajstić information content (AvgIpc) is 3.14. The highest BCUT2D eigenvalue weighted by atomic mass is 16.2. The Kier molecular flexibility index (Phi) is 2.59. The van der Waals surface area contributed by atoms with Gasteiger partial charge >= 0.3 is 0 Å². The lowest BCUT2D eigenvalue weighted by atomic mass is 9.94. The van der Waals surface area contributed by atoms with Gasteiger partial charge in [0, 0.05) is 30.8 Å². The predicted octanol–water partition coefficient (Wildman–Crippen LogP) is 1.09. The fourth-order valence-corrected chi connectivity index (χ4v) is 2.81. The Labute approximate surface area is 101 Å². The summed E-state index contributed by atoms with van der Waals surface area (Å²) in [4.78, 5) is 18.2. The van der Waals surface area contributed by atoms with Crippen LogP contribution in [-0.2, 0) is 4.79 Å². The first-order valence-corrected chi connectivity index (χ1v) is 6.22. The van der Waals surface area contributed by atoms with Crippen LogP contribution in [0.5, 0.6) is 0 Å². The van der Waals surface area contributed by atoms with Gasteiger partial charge in [-0.3, -0.25) is 9.78 Å². The Morgan fingerprint density at radius 3 is 2.65 bits per heavy atom. The molecule has 90 valence electrons. The molecule has 0 spiro atoms. The number of pyridine rings is 1. The van der Waals surface area contributed by atoms with E-state index < -0.39 is 0 Å². The van der Waals surface area contributed by atoms with Crippen LogP contribution in [0.2, 0.25) is 0 Å². The molecule has 0 radical (unpaired) electrons. The topological polar surface area (TPSA) is 59.2 Å².